The van der Waals surface area contributed by atoms with Crippen LogP contribution in [0.15, 0.2) is 24.5 Å². The van der Waals surface area contributed by atoms with Crippen LogP contribution in [0.4, 0.5) is 5.00 Å². The van der Waals surface area contributed by atoms with Crippen molar-refractivity contribution in [3.05, 3.63) is 46.1 Å². The van der Waals surface area contributed by atoms with Gasteiger partial charge >= 0.3 is 5.97 Å². The van der Waals surface area contributed by atoms with Crippen molar-refractivity contribution in [2.24, 2.45) is 0 Å². The number of thiophene rings is 1. The SMILES string of the molecule is CCCc1cc[n+](CC(=O)Nc2sc3c(c2C(=O)OC(C)C)CCCC3)cc1. The molecule has 2 aromatic rings. The first-order chi connectivity index (χ1) is 13.5. The second kappa shape index (κ2) is 9.32. The van der Waals surface area contributed by atoms with Crippen molar-refractivity contribution in [1.82, 2.24) is 0 Å². The molecule has 3 rings (SSSR count). The topological polar surface area (TPSA) is 59.3 Å². The summed E-state index contributed by atoms with van der Waals surface area (Å²) in [5, 5.41) is 3.60. The van der Waals surface area contributed by atoms with Crippen molar-refractivity contribution in [2.45, 2.75) is 71.9 Å². The molecule has 1 amide bonds. The second-order valence-corrected chi connectivity index (χ2v) is 8.65. The zero-order valence-electron chi connectivity index (χ0n) is 16.9. The van der Waals surface area contributed by atoms with Gasteiger partial charge in [-0.15, -0.1) is 11.3 Å². The number of aromatic nitrogens is 1. The monoisotopic (exact) mass is 401 g/mol. The Morgan fingerprint density at radius 2 is 1.93 bits per heavy atom. The van der Waals surface area contributed by atoms with Gasteiger partial charge in [0.05, 0.1) is 11.7 Å². The predicted molar refractivity (Wildman–Crippen MR) is 111 cm³/mol. The van der Waals surface area contributed by atoms with E-state index < -0.39 is 0 Å². The summed E-state index contributed by atoms with van der Waals surface area (Å²) in [6, 6.07) is 4.10. The number of nitrogens with zero attached hydrogens (tertiary/aromatic N) is 1. The number of esters is 1. The van der Waals surface area contributed by atoms with Crippen molar-refractivity contribution in [3.63, 3.8) is 0 Å². The number of carbonyl (C=O) groups excluding carboxylic acids is 2. The van der Waals surface area contributed by atoms with Gasteiger partial charge in [0, 0.05) is 17.0 Å². The van der Waals surface area contributed by atoms with Gasteiger partial charge in [0.15, 0.2) is 12.4 Å². The minimum atomic E-state index is -0.332. The van der Waals surface area contributed by atoms with Crippen LogP contribution in [0.5, 0.6) is 0 Å². The first kappa shape index (κ1) is 20.5. The quantitative estimate of drug-likeness (QED) is 0.562. The Kier molecular flexibility index (Phi) is 6.83. The Bertz CT molecular complexity index is 840. The van der Waals surface area contributed by atoms with E-state index in [9.17, 15) is 9.59 Å². The van der Waals surface area contributed by atoms with Crippen LogP contribution in [0.2, 0.25) is 0 Å². The molecule has 0 aromatic carbocycles. The average molecular weight is 402 g/mol. The van der Waals surface area contributed by atoms with Crippen molar-refractivity contribution in [2.75, 3.05) is 5.32 Å². The van der Waals surface area contributed by atoms with Gasteiger partial charge in [-0.2, -0.15) is 4.57 Å². The van der Waals surface area contributed by atoms with Crippen LogP contribution < -0.4 is 9.88 Å². The first-order valence-corrected chi connectivity index (χ1v) is 10.9. The Hall–Kier alpha value is -2.21. The highest BCUT2D eigenvalue weighted by Crippen LogP contribution is 2.38. The summed E-state index contributed by atoms with van der Waals surface area (Å²) in [6.07, 6.45) is 9.84. The minimum Gasteiger partial charge on any atom is -0.459 e. The van der Waals surface area contributed by atoms with E-state index in [1.54, 1.807) is 0 Å². The number of anilines is 1. The molecule has 6 heteroatoms. The molecular weight excluding hydrogens is 372 g/mol. The second-order valence-electron chi connectivity index (χ2n) is 7.55. The number of hydrogen-bond acceptors (Lipinski definition) is 4. The van der Waals surface area contributed by atoms with Gasteiger partial charge in [0.25, 0.3) is 5.91 Å². The Morgan fingerprint density at radius 3 is 2.61 bits per heavy atom. The molecule has 0 bridgehead atoms. The number of aryl methyl sites for hydroxylation is 2. The highest BCUT2D eigenvalue weighted by atomic mass is 32.1. The fourth-order valence-corrected chi connectivity index (χ4v) is 4.82. The summed E-state index contributed by atoms with van der Waals surface area (Å²) >= 11 is 1.52. The molecule has 0 spiro atoms. The number of nitrogens with one attached hydrogen (secondary N) is 1. The van der Waals surface area contributed by atoms with Crippen molar-refractivity contribution in [3.8, 4) is 0 Å². The third kappa shape index (κ3) is 4.98. The maximum absolute atomic E-state index is 12.7. The lowest BCUT2D eigenvalue weighted by Crippen LogP contribution is -2.39. The van der Waals surface area contributed by atoms with Crippen molar-refractivity contribution >= 4 is 28.2 Å². The van der Waals surface area contributed by atoms with E-state index in [0.717, 1.165) is 44.1 Å². The maximum atomic E-state index is 12.7. The zero-order chi connectivity index (χ0) is 20.1. The van der Waals surface area contributed by atoms with Crippen LogP contribution in [0.25, 0.3) is 0 Å². The fourth-order valence-electron chi connectivity index (χ4n) is 3.52. The fraction of sp³-hybridized carbons (Fsp3) is 0.500. The standard InChI is InChI=1S/C22H28N2O3S/c1-4-7-16-10-12-24(13-11-16)14-19(25)23-21-20(22(26)27-15(2)3)17-8-5-6-9-18(17)28-21/h10-13,15H,4-9,14H2,1-3H3/p+1. The lowest BCUT2D eigenvalue weighted by atomic mass is 9.95. The van der Waals surface area contributed by atoms with E-state index in [2.05, 4.69) is 12.2 Å². The lowest BCUT2D eigenvalue weighted by Gasteiger charge is -2.14. The number of ether oxygens (including phenoxy) is 1. The molecule has 5 nitrogen and oxygen atoms in total. The molecule has 0 fully saturated rings. The number of hydrogen-bond donors (Lipinski definition) is 1. The molecule has 0 saturated carbocycles. The average Bonchev–Trinajstić information content (AvgIpc) is 3.00. The van der Waals surface area contributed by atoms with E-state index in [4.69, 9.17) is 4.74 Å². The highest BCUT2D eigenvalue weighted by molar-refractivity contribution is 7.17. The summed E-state index contributed by atoms with van der Waals surface area (Å²) < 4.78 is 7.30. The molecule has 2 heterocycles. The van der Waals surface area contributed by atoms with Gasteiger partial charge in [-0.05, 0) is 57.1 Å². The molecule has 1 aliphatic carbocycles. The third-order valence-electron chi connectivity index (χ3n) is 4.80. The molecule has 0 unspecified atom stereocenters. The van der Waals surface area contributed by atoms with Gasteiger partial charge < -0.3 is 10.1 Å². The van der Waals surface area contributed by atoms with Gasteiger partial charge in [0.1, 0.15) is 5.00 Å². The van der Waals surface area contributed by atoms with E-state index in [0.29, 0.717) is 10.6 Å². The Balaban J connectivity index is 1.76. The number of rotatable bonds is 7. The first-order valence-electron chi connectivity index (χ1n) is 10.1. The number of amides is 1. The van der Waals surface area contributed by atoms with Crippen LogP contribution in [0, 0.1) is 0 Å². The molecule has 150 valence electrons. The predicted octanol–water partition coefficient (Wildman–Crippen LogP) is 4.07. The minimum absolute atomic E-state index is 0.134. The van der Waals surface area contributed by atoms with Gasteiger partial charge in [0.2, 0.25) is 6.54 Å². The summed E-state index contributed by atoms with van der Waals surface area (Å²) in [6.45, 7) is 6.05. The van der Waals surface area contributed by atoms with Crippen LogP contribution >= 0.6 is 11.3 Å². The lowest BCUT2D eigenvalue weighted by molar-refractivity contribution is -0.684. The van der Waals surface area contributed by atoms with E-state index in [-0.39, 0.29) is 24.5 Å². The normalized spacial score (nSPS) is 13.3. The third-order valence-corrected chi connectivity index (χ3v) is 6.00. The van der Waals surface area contributed by atoms with E-state index in [1.807, 2.05) is 42.9 Å². The maximum Gasteiger partial charge on any atom is 0.341 e. The van der Waals surface area contributed by atoms with Crippen LogP contribution in [0.1, 0.15) is 66.4 Å². The van der Waals surface area contributed by atoms with Crippen LogP contribution in [-0.2, 0) is 35.3 Å². The summed E-state index contributed by atoms with van der Waals surface area (Å²) in [7, 11) is 0. The largest absolute Gasteiger partial charge is 0.459 e. The molecule has 1 N–H and O–H groups in total. The zero-order valence-corrected chi connectivity index (χ0v) is 17.7. The van der Waals surface area contributed by atoms with E-state index in [1.165, 1.54) is 21.8 Å². The molecule has 1 aliphatic rings. The number of fused-ring (bicyclic) bond motifs is 1. The molecule has 2 aromatic heterocycles. The Morgan fingerprint density at radius 1 is 1.21 bits per heavy atom. The smallest absolute Gasteiger partial charge is 0.341 e. The van der Waals surface area contributed by atoms with Crippen molar-refractivity contribution < 1.29 is 18.9 Å². The number of pyridine rings is 1. The van der Waals surface area contributed by atoms with Crippen molar-refractivity contribution in [1.29, 1.82) is 0 Å². The summed E-state index contributed by atoms with van der Waals surface area (Å²) in [5.74, 6) is -0.466. The van der Waals surface area contributed by atoms with Gasteiger partial charge in [-0.3, -0.25) is 4.79 Å². The van der Waals surface area contributed by atoms with Crippen LogP contribution in [0.3, 0.4) is 0 Å². The van der Waals surface area contributed by atoms with Crippen LogP contribution in [-0.4, -0.2) is 18.0 Å². The summed E-state index contributed by atoms with van der Waals surface area (Å²) in [5.41, 5.74) is 2.89. The summed E-state index contributed by atoms with van der Waals surface area (Å²) in [4.78, 5) is 26.5. The van der Waals surface area contributed by atoms with Gasteiger partial charge in [-0.1, -0.05) is 13.3 Å². The van der Waals surface area contributed by atoms with E-state index >= 15 is 0 Å². The highest BCUT2D eigenvalue weighted by Gasteiger charge is 2.28. The number of carbonyl (C=O) groups is 2. The molecule has 0 radical (unpaired) electrons. The Labute approximate surface area is 170 Å². The molecule has 0 atom stereocenters. The molecular formula is C22H29N2O3S+. The molecule has 0 saturated heterocycles. The van der Waals surface area contributed by atoms with Gasteiger partial charge in [-0.25, -0.2) is 4.79 Å². The molecule has 0 aliphatic heterocycles. The molecule has 28 heavy (non-hydrogen) atoms.